The number of anilines is 2. The lowest BCUT2D eigenvalue weighted by Gasteiger charge is -2.26. The summed E-state index contributed by atoms with van der Waals surface area (Å²) in [6.07, 6.45) is -12.7. The van der Waals surface area contributed by atoms with Gasteiger partial charge in [0.15, 0.2) is 6.73 Å². The van der Waals surface area contributed by atoms with Crippen molar-refractivity contribution in [2.45, 2.75) is 31.8 Å². The van der Waals surface area contributed by atoms with Crippen molar-refractivity contribution < 1.29 is 50.3 Å². The summed E-state index contributed by atoms with van der Waals surface area (Å²) in [7, 11) is 1.52. The van der Waals surface area contributed by atoms with Gasteiger partial charge in [0, 0.05) is 24.3 Å². The number of rotatable bonds is 9. The Labute approximate surface area is 218 Å². The Hall–Kier alpha value is -3.43. The summed E-state index contributed by atoms with van der Waals surface area (Å²) < 4.78 is 96.5. The molecular weight excluding hydrogens is 541 g/mol. The van der Waals surface area contributed by atoms with Crippen LogP contribution in [0.15, 0.2) is 36.4 Å². The first-order chi connectivity index (χ1) is 18.2. The van der Waals surface area contributed by atoms with Crippen molar-refractivity contribution in [2.24, 2.45) is 0 Å². The van der Waals surface area contributed by atoms with Crippen molar-refractivity contribution in [1.29, 1.82) is 0 Å². The number of alkyl halides is 6. The molecule has 3 amide bonds. The number of hydrogen-bond donors (Lipinski definition) is 2. The molecule has 3 rings (SSSR count). The van der Waals surface area contributed by atoms with E-state index in [1.807, 2.05) is 0 Å². The molecule has 1 heterocycles. The highest BCUT2D eigenvalue weighted by Gasteiger charge is 2.43. The Morgan fingerprint density at radius 1 is 1.13 bits per heavy atom. The van der Waals surface area contributed by atoms with Crippen molar-refractivity contribution in [2.75, 3.05) is 43.4 Å². The van der Waals surface area contributed by atoms with Gasteiger partial charge < -0.3 is 15.3 Å². The number of aliphatic hydroxyl groups is 1. The predicted octanol–water partition coefficient (Wildman–Crippen LogP) is 4.17. The van der Waals surface area contributed by atoms with Gasteiger partial charge in [0.05, 0.1) is 35.9 Å². The van der Waals surface area contributed by atoms with Gasteiger partial charge in [0.1, 0.15) is 5.82 Å². The maximum absolute atomic E-state index is 14.1. The minimum atomic E-state index is -5.34. The molecule has 2 N–H and O–H groups in total. The molecule has 39 heavy (non-hydrogen) atoms. The first kappa shape index (κ1) is 30.1. The summed E-state index contributed by atoms with van der Waals surface area (Å²) in [5, 5.41) is 12.9. The van der Waals surface area contributed by atoms with Gasteiger partial charge in [-0.25, -0.2) is 14.0 Å². The van der Waals surface area contributed by atoms with Crippen LogP contribution in [0.1, 0.15) is 23.6 Å². The fourth-order valence-corrected chi connectivity index (χ4v) is 4.04. The smallest absolute Gasteiger partial charge is 0.390 e. The van der Waals surface area contributed by atoms with Crippen molar-refractivity contribution in [3.63, 3.8) is 0 Å². The number of amides is 3. The monoisotopic (exact) mass is 566 g/mol. The molecule has 0 aliphatic carbocycles. The van der Waals surface area contributed by atoms with Crippen LogP contribution in [0.25, 0.3) is 0 Å². The highest BCUT2D eigenvalue weighted by Crippen LogP contribution is 2.43. The highest BCUT2D eigenvalue weighted by atomic mass is 19.4. The summed E-state index contributed by atoms with van der Waals surface area (Å²) in [4.78, 5) is 33.2. The maximum Gasteiger partial charge on any atom is 0.416 e. The SMILES string of the molecule is CCN(C(=O)Cc1c(N2OCN(CC(O)CNC)C2=O)cc(C(F)(F)F)cc1C(F)(F)F)c1ccc(F)cc1. The lowest BCUT2D eigenvalue weighted by molar-refractivity contribution is -0.143. The van der Waals surface area contributed by atoms with Gasteiger partial charge in [0.25, 0.3) is 0 Å². The number of benzene rings is 2. The van der Waals surface area contributed by atoms with E-state index in [9.17, 15) is 45.4 Å². The highest BCUT2D eigenvalue weighted by molar-refractivity contribution is 5.98. The van der Waals surface area contributed by atoms with Gasteiger partial charge in [-0.05, 0) is 50.4 Å². The number of nitrogens with zero attached hydrogens (tertiary/aromatic N) is 3. The van der Waals surface area contributed by atoms with Crippen LogP contribution in [0.5, 0.6) is 0 Å². The average molecular weight is 566 g/mol. The summed E-state index contributed by atoms with van der Waals surface area (Å²) in [5.41, 5.74) is -5.19. The van der Waals surface area contributed by atoms with Gasteiger partial charge in [-0.15, -0.1) is 0 Å². The summed E-state index contributed by atoms with van der Waals surface area (Å²) >= 11 is 0. The Morgan fingerprint density at radius 3 is 2.31 bits per heavy atom. The third-order valence-electron chi connectivity index (χ3n) is 5.82. The minimum Gasteiger partial charge on any atom is -0.390 e. The van der Waals surface area contributed by atoms with E-state index < -0.39 is 71.7 Å². The second kappa shape index (κ2) is 11.8. The number of aliphatic hydroxyl groups excluding tert-OH is 1. The van der Waals surface area contributed by atoms with Crippen LogP contribution in [0.2, 0.25) is 0 Å². The van der Waals surface area contributed by atoms with Crippen LogP contribution < -0.4 is 15.3 Å². The number of urea groups is 1. The van der Waals surface area contributed by atoms with E-state index in [1.165, 1.54) is 26.1 Å². The largest absolute Gasteiger partial charge is 0.416 e. The summed E-state index contributed by atoms with van der Waals surface area (Å²) in [6, 6.07) is 3.55. The fourth-order valence-electron chi connectivity index (χ4n) is 4.04. The normalized spacial score (nSPS) is 15.2. The van der Waals surface area contributed by atoms with Crippen LogP contribution in [-0.2, 0) is 28.4 Å². The van der Waals surface area contributed by atoms with Crippen LogP contribution in [-0.4, -0.2) is 61.5 Å². The second-order valence-electron chi connectivity index (χ2n) is 8.58. The quantitative estimate of drug-likeness (QED) is 0.446. The molecule has 8 nitrogen and oxygen atoms in total. The molecule has 0 spiro atoms. The Kier molecular flexibility index (Phi) is 9.08. The number of hydroxylamine groups is 1. The summed E-state index contributed by atoms with van der Waals surface area (Å²) in [5.74, 6) is -1.58. The molecule has 2 aromatic rings. The third kappa shape index (κ3) is 6.96. The number of likely N-dealkylation sites (N-methyl/N-ethyl adjacent to an activating group) is 2. The van der Waals surface area contributed by atoms with Gasteiger partial charge >= 0.3 is 18.4 Å². The zero-order valence-corrected chi connectivity index (χ0v) is 20.7. The Morgan fingerprint density at radius 2 is 1.77 bits per heavy atom. The first-order valence-electron chi connectivity index (χ1n) is 11.6. The lowest BCUT2D eigenvalue weighted by Crippen LogP contribution is -2.40. The molecule has 0 saturated carbocycles. The van der Waals surface area contributed by atoms with E-state index in [2.05, 4.69) is 5.32 Å². The number of carbonyl (C=O) groups is 2. The van der Waals surface area contributed by atoms with E-state index >= 15 is 0 Å². The standard InChI is InChI=1S/C24H25F7N4O4/c1-3-34(16-6-4-15(25)5-7-16)21(37)10-18-19(24(29,30)31)8-14(23(26,27)28)9-20(18)35-22(38)33(13-39-35)12-17(36)11-32-2/h4-9,17,32,36H,3,10-13H2,1-2H3. The van der Waals surface area contributed by atoms with Crippen molar-refractivity contribution in [1.82, 2.24) is 10.2 Å². The number of carbonyl (C=O) groups excluding carboxylic acids is 2. The van der Waals surface area contributed by atoms with Crippen LogP contribution in [0.4, 0.5) is 46.9 Å². The molecule has 1 saturated heterocycles. The van der Waals surface area contributed by atoms with Gasteiger partial charge in [0.2, 0.25) is 5.91 Å². The minimum absolute atomic E-state index is 0.0432. The molecule has 0 aromatic heterocycles. The van der Waals surface area contributed by atoms with E-state index in [4.69, 9.17) is 4.84 Å². The van der Waals surface area contributed by atoms with E-state index in [0.717, 1.165) is 21.9 Å². The van der Waals surface area contributed by atoms with E-state index in [1.54, 1.807) is 0 Å². The molecule has 15 heteroatoms. The van der Waals surface area contributed by atoms with Crippen LogP contribution in [0, 0.1) is 5.82 Å². The molecule has 2 aromatic carbocycles. The molecule has 0 bridgehead atoms. The molecule has 214 valence electrons. The van der Waals surface area contributed by atoms with E-state index in [-0.39, 0.29) is 36.5 Å². The molecule has 1 atom stereocenters. The molecule has 1 aliphatic heterocycles. The number of halogens is 7. The number of β-amino-alcohol motifs (C(OH)–C–C–N with tert-alkyl or cyclic N) is 1. The third-order valence-corrected chi connectivity index (χ3v) is 5.82. The Bertz CT molecular complexity index is 1190. The van der Waals surface area contributed by atoms with Crippen molar-refractivity contribution in [3.8, 4) is 0 Å². The molecule has 1 fully saturated rings. The molecule has 1 unspecified atom stereocenters. The molecular formula is C24H25F7N4O4. The molecule has 0 radical (unpaired) electrons. The van der Waals surface area contributed by atoms with Gasteiger partial charge in [-0.2, -0.15) is 31.4 Å². The number of nitrogens with one attached hydrogen (secondary N) is 1. The van der Waals surface area contributed by atoms with E-state index in [0.29, 0.717) is 6.07 Å². The summed E-state index contributed by atoms with van der Waals surface area (Å²) in [6.45, 7) is 0.589. The van der Waals surface area contributed by atoms with Crippen molar-refractivity contribution in [3.05, 3.63) is 58.9 Å². The maximum atomic E-state index is 14.1. The zero-order valence-electron chi connectivity index (χ0n) is 20.7. The first-order valence-corrected chi connectivity index (χ1v) is 11.6. The van der Waals surface area contributed by atoms with Crippen LogP contribution in [0.3, 0.4) is 0 Å². The average Bonchev–Trinajstić information content (AvgIpc) is 3.19. The second-order valence-corrected chi connectivity index (χ2v) is 8.58. The molecule has 1 aliphatic rings. The topological polar surface area (TPSA) is 85.3 Å². The lowest BCUT2D eigenvalue weighted by atomic mass is 9.97. The van der Waals surface area contributed by atoms with Gasteiger partial charge in [-0.3, -0.25) is 9.69 Å². The Balaban J connectivity index is 2.10. The zero-order chi connectivity index (χ0) is 29.1. The van der Waals surface area contributed by atoms with Gasteiger partial charge in [-0.1, -0.05) is 0 Å². The fraction of sp³-hybridized carbons (Fsp3) is 0.417. The predicted molar refractivity (Wildman–Crippen MR) is 125 cm³/mol. The van der Waals surface area contributed by atoms with Crippen molar-refractivity contribution >= 4 is 23.3 Å². The van der Waals surface area contributed by atoms with Crippen LogP contribution >= 0.6 is 0 Å². The number of hydrogen-bond acceptors (Lipinski definition) is 5.